The summed E-state index contributed by atoms with van der Waals surface area (Å²) in [6.07, 6.45) is -5.79. The molecule has 2 aromatic rings. The Labute approximate surface area is 243 Å². The van der Waals surface area contributed by atoms with Gasteiger partial charge in [-0.2, -0.15) is 31.6 Å². The highest BCUT2D eigenvalue weighted by molar-refractivity contribution is 5.82. The second-order valence-electron chi connectivity index (χ2n) is 12.3. The number of hydrogen-bond donors (Lipinski definition) is 0. The Morgan fingerprint density at radius 3 is 2.24 bits per heavy atom. The molecule has 0 spiro atoms. The number of nitriles is 1. The molecule has 4 rings (SSSR count). The number of nitrogens with zero attached hydrogens (tertiary/aromatic N) is 2. The van der Waals surface area contributed by atoms with Gasteiger partial charge in [0.1, 0.15) is 0 Å². The van der Waals surface area contributed by atoms with Crippen LogP contribution in [0.15, 0.2) is 42.0 Å². The number of halogens is 6. The van der Waals surface area contributed by atoms with Crippen molar-refractivity contribution in [3.8, 4) is 6.07 Å². The molecule has 1 aliphatic carbocycles. The van der Waals surface area contributed by atoms with E-state index >= 15 is 0 Å². The molecule has 3 nitrogen and oxygen atoms in total. The average molecular weight is 591 g/mol. The molecule has 0 aromatic heterocycles. The minimum atomic E-state index is -4.95. The van der Waals surface area contributed by atoms with Crippen molar-refractivity contribution in [1.29, 1.82) is 5.26 Å². The Bertz CT molecular complexity index is 1380. The van der Waals surface area contributed by atoms with Crippen molar-refractivity contribution in [2.45, 2.75) is 97.0 Å². The molecule has 1 fully saturated rings. The van der Waals surface area contributed by atoms with Crippen LogP contribution in [-0.4, -0.2) is 23.4 Å². The van der Waals surface area contributed by atoms with Crippen molar-refractivity contribution in [2.75, 3.05) is 6.54 Å². The lowest BCUT2D eigenvalue weighted by Crippen LogP contribution is -2.36. The minimum absolute atomic E-state index is 0.0301. The van der Waals surface area contributed by atoms with Gasteiger partial charge in [-0.15, -0.1) is 0 Å². The van der Waals surface area contributed by atoms with E-state index in [0.717, 1.165) is 65.7 Å². The van der Waals surface area contributed by atoms with E-state index in [-0.39, 0.29) is 35.9 Å². The minimum Gasteiger partial charge on any atom is -0.335 e. The Morgan fingerprint density at radius 1 is 1.02 bits per heavy atom. The van der Waals surface area contributed by atoms with Gasteiger partial charge >= 0.3 is 12.4 Å². The summed E-state index contributed by atoms with van der Waals surface area (Å²) in [5, 5.41) is 9.06. The van der Waals surface area contributed by atoms with Gasteiger partial charge in [-0.1, -0.05) is 39.0 Å². The average Bonchev–Trinajstić information content (AvgIpc) is 3.18. The predicted octanol–water partition coefficient (Wildman–Crippen LogP) is 9.11. The molecule has 2 atom stereocenters. The summed E-state index contributed by atoms with van der Waals surface area (Å²) in [6.45, 7) is 8.37. The number of allylic oxidation sites excluding steroid dienone is 1. The number of benzene rings is 2. The molecule has 2 unspecified atom stereocenters. The molecule has 0 N–H and O–H groups in total. The zero-order valence-corrected chi connectivity index (χ0v) is 24.3. The van der Waals surface area contributed by atoms with Crippen molar-refractivity contribution < 1.29 is 31.1 Å². The Kier molecular flexibility index (Phi) is 8.87. The molecule has 9 heteroatoms. The SMILES string of the molecule is CCc1ccc(CCC#N)cc1C1=C(CN2C(=O)CC(c3cc(C(F)(F)F)cc(C(F)(F)F)c3)C2C)CC(C)(C)CC1. The van der Waals surface area contributed by atoms with E-state index in [9.17, 15) is 31.1 Å². The number of amides is 1. The lowest BCUT2D eigenvalue weighted by atomic mass is 9.72. The van der Waals surface area contributed by atoms with Gasteiger partial charge in [0.15, 0.2) is 0 Å². The monoisotopic (exact) mass is 590 g/mol. The molecule has 0 bridgehead atoms. The number of likely N-dealkylation sites (tertiary alicyclic amines) is 1. The van der Waals surface area contributed by atoms with Crippen LogP contribution in [0.1, 0.15) is 99.1 Å². The molecule has 0 saturated carbocycles. The fourth-order valence-corrected chi connectivity index (χ4v) is 6.41. The third-order valence-electron chi connectivity index (χ3n) is 8.76. The molecule has 2 aliphatic rings. The summed E-state index contributed by atoms with van der Waals surface area (Å²) in [6, 6.07) is 9.47. The summed E-state index contributed by atoms with van der Waals surface area (Å²) in [5.41, 5.74) is 2.63. The first-order chi connectivity index (χ1) is 19.5. The standard InChI is InChI=1S/C33H36F6N2O/c1-5-22-9-8-21(7-6-12-40)13-29(22)27-10-11-31(3,4)18-24(27)19-41-20(2)28(17-30(41)42)23-14-25(32(34,35)36)16-26(15-23)33(37,38)39/h8-9,13-16,20,28H,5-7,10-11,17-19H2,1-4H3. The van der Waals surface area contributed by atoms with E-state index in [0.29, 0.717) is 12.8 Å². The highest BCUT2D eigenvalue weighted by Crippen LogP contribution is 2.46. The molecular weight excluding hydrogens is 554 g/mol. The van der Waals surface area contributed by atoms with Gasteiger partial charge in [-0.05, 0) is 96.0 Å². The van der Waals surface area contributed by atoms with Crippen LogP contribution in [0.3, 0.4) is 0 Å². The van der Waals surface area contributed by atoms with E-state index in [1.54, 1.807) is 11.8 Å². The number of alkyl halides is 6. The van der Waals surface area contributed by atoms with Gasteiger partial charge in [0.2, 0.25) is 5.91 Å². The maximum atomic E-state index is 13.6. The molecule has 1 aliphatic heterocycles. The van der Waals surface area contributed by atoms with Crippen LogP contribution >= 0.6 is 0 Å². The summed E-state index contributed by atoms with van der Waals surface area (Å²) >= 11 is 0. The van der Waals surface area contributed by atoms with Gasteiger partial charge < -0.3 is 4.90 Å². The first-order valence-electron chi connectivity index (χ1n) is 14.3. The van der Waals surface area contributed by atoms with Crippen molar-refractivity contribution in [3.05, 3.63) is 75.4 Å². The number of hydrogen-bond acceptors (Lipinski definition) is 2. The van der Waals surface area contributed by atoms with Crippen molar-refractivity contribution in [3.63, 3.8) is 0 Å². The first-order valence-corrected chi connectivity index (χ1v) is 14.3. The molecule has 0 radical (unpaired) electrons. The van der Waals surface area contributed by atoms with Crippen LogP contribution < -0.4 is 0 Å². The molecule has 1 saturated heterocycles. The summed E-state index contributed by atoms with van der Waals surface area (Å²) in [4.78, 5) is 15.0. The second kappa shape index (κ2) is 11.8. The van der Waals surface area contributed by atoms with Crippen LogP contribution in [0.5, 0.6) is 0 Å². The van der Waals surface area contributed by atoms with E-state index in [4.69, 9.17) is 5.26 Å². The molecule has 1 heterocycles. The van der Waals surface area contributed by atoms with E-state index in [2.05, 4.69) is 39.0 Å². The highest BCUT2D eigenvalue weighted by Gasteiger charge is 2.43. The summed E-state index contributed by atoms with van der Waals surface area (Å²) < 4.78 is 81.3. The fraction of sp³-hybridized carbons (Fsp3) is 0.515. The van der Waals surface area contributed by atoms with E-state index in [1.165, 1.54) is 0 Å². The molecule has 42 heavy (non-hydrogen) atoms. The van der Waals surface area contributed by atoms with Gasteiger partial charge in [0.25, 0.3) is 0 Å². The largest absolute Gasteiger partial charge is 0.416 e. The lowest BCUT2D eigenvalue weighted by molar-refractivity contribution is -0.143. The summed E-state index contributed by atoms with van der Waals surface area (Å²) in [5.74, 6) is -1.09. The molecular formula is C33H36F6N2O. The lowest BCUT2D eigenvalue weighted by Gasteiger charge is -2.37. The van der Waals surface area contributed by atoms with Crippen molar-refractivity contribution in [2.24, 2.45) is 5.41 Å². The zero-order chi connectivity index (χ0) is 31.0. The van der Waals surface area contributed by atoms with Crippen LogP contribution in [-0.2, 0) is 30.0 Å². The van der Waals surface area contributed by atoms with Gasteiger partial charge in [0, 0.05) is 31.3 Å². The van der Waals surface area contributed by atoms with Gasteiger partial charge in [0.05, 0.1) is 17.2 Å². The zero-order valence-electron chi connectivity index (χ0n) is 24.3. The van der Waals surface area contributed by atoms with Crippen LogP contribution in [0.2, 0.25) is 0 Å². The quantitative estimate of drug-likeness (QED) is 0.302. The maximum Gasteiger partial charge on any atom is 0.416 e. The smallest absolute Gasteiger partial charge is 0.335 e. The summed E-state index contributed by atoms with van der Waals surface area (Å²) in [7, 11) is 0. The van der Waals surface area contributed by atoms with Crippen LogP contribution in [0.25, 0.3) is 5.57 Å². The third-order valence-corrected chi connectivity index (χ3v) is 8.76. The Hall–Kier alpha value is -3.28. The first kappa shape index (κ1) is 31.7. The molecule has 226 valence electrons. The van der Waals surface area contributed by atoms with Crippen LogP contribution in [0, 0.1) is 16.7 Å². The third kappa shape index (κ3) is 6.85. The normalized spacial score (nSPS) is 21.2. The topological polar surface area (TPSA) is 44.1 Å². The number of carbonyl (C=O) groups is 1. The van der Waals surface area contributed by atoms with Crippen molar-refractivity contribution in [1.82, 2.24) is 4.90 Å². The van der Waals surface area contributed by atoms with Crippen molar-refractivity contribution >= 4 is 11.5 Å². The van der Waals surface area contributed by atoms with Gasteiger partial charge in [-0.25, -0.2) is 0 Å². The maximum absolute atomic E-state index is 13.6. The Morgan fingerprint density at radius 2 is 1.67 bits per heavy atom. The highest BCUT2D eigenvalue weighted by atomic mass is 19.4. The number of carbonyl (C=O) groups excluding carboxylic acids is 1. The Balaban J connectivity index is 1.73. The van der Waals surface area contributed by atoms with E-state index in [1.807, 2.05) is 6.07 Å². The fourth-order valence-electron chi connectivity index (χ4n) is 6.41. The number of rotatable bonds is 7. The van der Waals surface area contributed by atoms with Gasteiger partial charge in [-0.3, -0.25) is 4.79 Å². The molecule has 2 aromatic carbocycles. The van der Waals surface area contributed by atoms with Crippen LogP contribution in [0.4, 0.5) is 26.3 Å². The second-order valence-corrected chi connectivity index (χ2v) is 12.3. The number of aryl methyl sites for hydroxylation is 2. The molecule has 1 amide bonds. The van der Waals surface area contributed by atoms with E-state index < -0.39 is 35.4 Å². The predicted molar refractivity (Wildman–Crippen MR) is 149 cm³/mol.